The van der Waals surface area contributed by atoms with E-state index in [1.165, 1.54) is 7.05 Å². The molecule has 1 aromatic carbocycles. The minimum atomic E-state index is -0.551. The number of amides is 4. The third-order valence-electron chi connectivity index (χ3n) is 3.44. The molecule has 0 aliphatic carbocycles. The number of nitrogens with one attached hydrogen (secondary N) is 3. The van der Waals surface area contributed by atoms with Gasteiger partial charge in [0, 0.05) is 31.4 Å². The van der Waals surface area contributed by atoms with Gasteiger partial charge in [-0.05, 0) is 31.0 Å². The van der Waals surface area contributed by atoms with E-state index in [1.807, 2.05) is 4.90 Å². The number of carbonyl (C=O) groups excluding carboxylic acids is 3. The third kappa shape index (κ3) is 4.21. The molecule has 4 amide bonds. The number of carbonyl (C=O) groups is 3. The van der Waals surface area contributed by atoms with Gasteiger partial charge in [0.15, 0.2) is 0 Å². The van der Waals surface area contributed by atoms with Crippen molar-refractivity contribution in [3.05, 3.63) is 29.8 Å². The Bertz CT molecular complexity index is 568. The highest BCUT2D eigenvalue weighted by Crippen LogP contribution is 2.16. The maximum absolute atomic E-state index is 12.3. The van der Waals surface area contributed by atoms with Crippen LogP contribution in [0.2, 0.25) is 0 Å². The van der Waals surface area contributed by atoms with Crippen molar-refractivity contribution in [1.29, 1.82) is 0 Å². The van der Waals surface area contributed by atoms with Gasteiger partial charge in [-0.25, -0.2) is 4.79 Å². The fraction of sp³-hybridized carbons (Fsp3) is 0.400. The lowest BCUT2D eigenvalue weighted by atomic mass is 10.1. The van der Waals surface area contributed by atoms with Gasteiger partial charge < -0.3 is 15.5 Å². The van der Waals surface area contributed by atoms with Gasteiger partial charge in [0.05, 0.1) is 6.54 Å². The lowest BCUT2D eigenvalue weighted by molar-refractivity contribution is -0.118. The summed E-state index contributed by atoms with van der Waals surface area (Å²) in [5.74, 6) is -0.438. The Hall–Kier alpha value is -2.57. The Balaban J connectivity index is 1.92. The predicted molar refractivity (Wildman–Crippen MR) is 82.7 cm³/mol. The van der Waals surface area contributed by atoms with Crippen LogP contribution >= 0.6 is 0 Å². The van der Waals surface area contributed by atoms with Crippen LogP contribution in [-0.4, -0.2) is 49.4 Å². The average molecular weight is 304 g/mol. The van der Waals surface area contributed by atoms with E-state index in [4.69, 9.17) is 0 Å². The highest BCUT2D eigenvalue weighted by Gasteiger charge is 2.19. The number of benzene rings is 1. The monoisotopic (exact) mass is 304 g/mol. The number of hydrogen-bond acceptors (Lipinski definition) is 4. The molecule has 2 rings (SSSR count). The van der Waals surface area contributed by atoms with E-state index >= 15 is 0 Å². The maximum atomic E-state index is 12.3. The molecule has 0 bridgehead atoms. The second-order valence-electron chi connectivity index (χ2n) is 5.06. The van der Waals surface area contributed by atoms with E-state index in [1.54, 1.807) is 24.3 Å². The fourth-order valence-corrected chi connectivity index (χ4v) is 2.28. The summed E-state index contributed by atoms with van der Waals surface area (Å²) in [4.78, 5) is 36.6. The summed E-state index contributed by atoms with van der Waals surface area (Å²) in [5.41, 5.74) is 1.26. The van der Waals surface area contributed by atoms with Gasteiger partial charge in [-0.2, -0.15) is 0 Å². The van der Waals surface area contributed by atoms with Crippen molar-refractivity contribution in [1.82, 2.24) is 15.5 Å². The Labute approximate surface area is 129 Å². The Morgan fingerprint density at radius 2 is 1.91 bits per heavy atom. The maximum Gasteiger partial charge on any atom is 0.321 e. The van der Waals surface area contributed by atoms with Crippen LogP contribution < -0.4 is 16.0 Å². The standard InChI is InChI=1S/C15H20N4O3/c1-16-15(22)18-13(20)10-17-12-6-4-5-11(9-12)14(21)19-7-2-3-8-19/h4-6,9,17H,2-3,7-8,10H2,1H3,(H2,16,18,20,22). The van der Waals surface area contributed by atoms with E-state index < -0.39 is 11.9 Å². The number of hydrogen-bond donors (Lipinski definition) is 3. The first kappa shape index (κ1) is 15.8. The van der Waals surface area contributed by atoms with Crippen LogP contribution in [0.4, 0.5) is 10.5 Å². The number of urea groups is 1. The molecular weight excluding hydrogens is 284 g/mol. The van der Waals surface area contributed by atoms with Gasteiger partial charge >= 0.3 is 6.03 Å². The lowest BCUT2D eigenvalue weighted by Gasteiger charge is -2.16. The molecule has 1 aromatic rings. The van der Waals surface area contributed by atoms with Crippen LogP contribution in [0.25, 0.3) is 0 Å². The van der Waals surface area contributed by atoms with Crippen molar-refractivity contribution >= 4 is 23.5 Å². The first-order chi connectivity index (χ1) is 10.6. The quantitative estimate of drug-likeness (QED) is 0.767. The van der Waals surface area contributed by atoms with Crippen molar-refractivity contribution in [2.45, 2.75) is 12.8 Å². The number of rotatable bonds is 4. The van der Waals surface area contributed by atoms with E-state index in [0.717, 1.165) is 25.9 Å². The van der Waals surface area contributed by atoms with Crippen LogP contribution in [0, 0.1) is 0 Å². The Kier molecular flexibility index (Phi) is 5.35. The van der Waals surface area contributed by atoms with Gasteiger partial charge in [-0.3, -0.25) is 14.9 Å². The van der Waals surface area contributed by atoms with Crippen LogP contribution in [-0.2, 0) is 4.79 Å². The van der Waals surface area contributed by atoms with Crippen molar-refractivity contribution < 1.29 is 14.4 Å². The van der Waals surface area contributed by atoms with E-state index in [9.17, 15) is 14.4 Å². The molecule has 0 spiro atoms. The Morgan fingerprint density at radius 3 is 2.59 bits per heavy atom. The normalized spacial score (nSPS) is 13.6. The highest BCUT2D eigenvalue weighted by atomic mass is 16.2. The Morgan fingerprint density at radius 1 is 1.18 bits per heavy atom. The molecule has 1 fully saturated rings. The SMILES string of the molecule is CNC(=O)NC(=O)CNc1cccc(C(=O)N2CCCC2)c1. The smallest absolute Gasteiger partial charge is 0.321 e. The van der Waals surface area contributed by atoms with E-state index in [-0.39, 0.29) is 12.5 Å². The molecule has 0 aromatic heterocycles. The molecule has 7 heteroatoms. The van der Waals surface area contributed by atoms with Crippen LogP contribution in [0.3, 0.4) is 0 Å². The van der Waals surface area contributed by atoms with E-state index in [2.05, 4.69) is 16.0 Å². The van der Waals surface area contributed by atoms with Crippen molar-refractivity contribution in [3.8, 4) is 0 Å². The molecule has 0 atom stereocenters. The summed E-state index contributed by atoms with van der Waals surface area (Å²) in [6.07, 6.45) is 2.09. The number of anilines is 1. The molecule has 0 unspecified atom stereocenters. The predicted octanol–water partition coefficient (Wildman–Crippen LogP) is 0.790. The zero-order valence-electron chi connectivity index (χ0n) is 12.5. The second kappa shape index (κ2) is 7.44. The molecule has 0 saturated carbocycles. The molecule has 1 aliphatic rings. The first-order valence-electron chi connectivity index (χ1n) is 7.25. The number of likely N-dealkylation sites (tertiary alicyclic amines) is 1. The molecule has 118 valence electrons. The summed E-state index contributed by atoms with van der Waals surface area (Å²) in [6.45, 7) is 1.55. The zero-order chi connectivity index (χ0) is 15.9. The van der Waals surface area contributed by atoms with E-state index in [0.29, 0.717) is 11.3 Å². The van der Waals surface area contributed by atoms with Gasteiger partial charge in [0.25, 0.3) is 5.91 Å². The lowest BCUT2D eigenvalue weighted by Crippen LogP contribution is -2.40. The summed E-state index contributed by atoms with van der Waals surface area (Å²) in [5, 5.41) is 7.35. The minimum absolute atomic E-state index is 0.0102. The van der Waals surface area contributed by atoms with Gasteiger partial charge in [0.1, 0.15) is 0 Å². The zero-order valence-corrected chi connectivity index (χ0v) is 12.5. The van der Waals surface area contributed by atoms with Crippen LogP contribution in [0.5, 0.6) is 0 Å². The summed E-state index contributed by atoms with van der Waals surface area (Å²) in [6, 6.07) is 6.46. The largest absolute Gasteiger partial charge is 0.376 e. The summed E-state index contributed by atoms with van der Waals surface area (Å²) in [7, 11) is 1.43. The fourth-order valence-electron chi connectivity index (χ4n) is 2.28. The molecule has 3 N–H and O–H groups in total. The molecule has 22 heavy (non-hydrogen) atoms. The molecular formula is C15H20N4O3. The molecule has 1 saturated heterocycles. The van der Waals surface area contributed by atoms with Crippen molar-refractivity contribution in [2.24, 2.45) is 0 Å². The molecule has 0 radical (unpaired) electrons. The van der Waals surface area contributed by atoms with Crippen LogP contribution in [0.1, 0.15) is 23.2 Å². The topological polar surface area (TPSA) is 90.5 Å². The van der Waals surface area contributed by atoms with Crippen LogP contribution in [0.15, 0.2) is 24.3 Å². The van der Waals surface area contributed by atoms with Gasteiger partial charge in [-0.1, -0.05) is 6.07 Å². The summed E-state index contributed by atoms with van der Waals surface area (Å²) >= 11 is 0. The van der Waals surface area contributed by atoms with Crippen molar-refractivity contribution in [2.75, 3.05) is 32.0 Å². The minimum Gasteiger partial charge on any atom is -0.376 e. The van der Waals surface area contributed by atoms with Gasteiger partial charge in [-0.15, -0.1) is 0 Å². The summed E-state index contributed by atoms with van der Waals surface area (Å²) < 4.78 is 0. The second-order valence-corrected chi connectivity index (χ2v) is 5.06. The molecule has 7 nitrogen and oxygen atoms in total. The highest BCUT2D eigenvalue weighted by molar-refractivity contribution is 5.97. The van der Waals surface area contributed by atoms with Crippen molar-refractivity contribution in [3.63, 3.8) is 0 Å². The van der Waals surface area contributed by atoms with Gasteiger partial charge in [0.2, 0.25) is 5.91 Å². The number of nitrogens with zero attached hydrogens (tertiary/aromatic N) is 1. The molecule has 1 heterocycles. The molecule has 1 aliphatic heterocycles. The third-order valence-corrected chi connectivity index (χ3v) is 3.44. The first-order valence-corrected chi connectivity index (χ1v) is 7.25. The number of imide groups is 1. The average Bonchev–Trinajstić information content (AvgIpc) is 3.06.